The molecule has 0 atom stereocenters. The van der Waals surface area contributed by atoms with Crippen molar-refractivity contribution in [1.29, 1.82) is 0 Å². The molecule has 9 heteroatoms. The predicted molar refractivity (Wildman–Crippen MR) is 95.6 cm³/mol. The molecule has 0 spiro atoms. The number of piperidine rings is 1. The Morgan fingerprint density at radius 1 is 1.19 bits per heavy atom. The van der Waals surface area contributed by atoms with Crippen LogP contribution in [0.3, 0.4) is 0 Å². The van der Waals surface area contributed by atoms with Gasteiger partial charge in [0.25, 0.3) is 0 Å². The number of hydrogen-bond acceptors (Lipinski definition) is 5. The number of aryl methyl sites for hydroxylation is 1. The van der Waals surface area contributed by atoms with Crippen molar-refractivity contribution in [3.63, 3.8) is 0 Å². The van der Waals surface area contributed by atoms with Gasteiger partial charge in [0.15, 0.2) is 11.5 Å². The second-order valence-electron chi connectivity index (χ2n) is 6.89. The van der Waals surface area contributed by atoms with Gasteiger partial charge in [-0.2, -0.15) is 14.7 Å². The molecule has 4 heterocycles. The summed E-state index contributed by atoms with van der Waals surface area (Å²) in [6.07, 6.45) is 5.45. The highest BCUT2D eigenvalue weighted by Gasteiger charge is 2.28. The number of fused-ring (bicyclic) bond motifs is 1. The summed E-state index contributed by atoms with van der Waals surface area (Å²) in [4.78, 5) is 15.6. The smallest absolute Gasteiger partial charge is 0.319 e. The molecule has 26 heavy (non-hydrogen) atoms. The summed E-state index contributed by atoms with van der Waals surface area (Å²) in [5.41, 5.74) is 2.53. The Bertz CT molecular complexity index is 935. The zero-order valence-corrected chi connectivity index (χ0v) is 15.2. The topological polar surface area (TPSA) is 84.5 Å². The molecule has 0 saturated carbocycles. The average Bonchev–Trinajstić information content (AvgIpc) is 3.26. The number of likely N-dealkylation sites (tertiary alicyclic amines) is 1. The third-order valence-corrected chi connectivity index (χ3v) is 4.80. The van der Waals surface area contributed by atoms with Crippen molar-refractivity contribution in [3.05, 3.63) is 30.4 Å². The van der Waals surface area contributed by atoms with Crippen LogP contribution in [0, 0.1) is 0 Å². The standard InChI is InChI=1S/C17H22N8O/c1-22(2)17(26)24-8-6-12(7-9-24)16-20-19-15-5-4-14(21-25(15)16)13-10-18-23(3)11-13/h4-5,10-12H,6-9H2,1-3H3. The first-order valence-electron chi connectivity index (χ1n) is 8.70. The van der Waals surface area contributed by atoms with Gasteiger partial charge >= 0.3 is 6.03 Å². The summed E-state index contributed by atoms with van der Waals surface area (Å²) in [7, 11) is 5.45. The molecule has 4 rings (SSSR count). The molecule has 1 aliphatic rings. The molecule has 3 aromatic rings. The summed E-state index contributed by atoms with van der Waals surface area (Å²) in [6, 6.07) is 3.92. The Labute approximate surface area is 151 Å². The van der Waals surface area contributed by atoms with E-state index in [1.54, 1.807) is 29.9 Å². The lowest BCUT2D eigenvalue weighted by Crippen LogP contribution is -2.43. The number of carbonyl (C=O) groups is 1. The summed E-state index contributed by atoms with van der Waals surface area (Å²) < 4.78 is 3.59. The van der Waals surface area contributed by atoms with Gasteiger partial charge in [0, 0.05) is 51.9 Å². The van der Waals surface area contributed by atoms with Crippen LogP contribution >= 0.6 is 0 Å². The van der Waals surface area contributed by atoms with Crippen LogP contribution in [0.1, 0.15) is 24.6 Å². The van der Waals surface area contributed by atoms with E-state index in [9.17, 15) is 4.79 Å². The predicted octanol–water partition coefficient (Wildman–Crippen LogP) is 1.39. The molecular weight excluding hydrogens is 332 g/mol. The number of aromatic nitrogens is 6. The van der Waals surface area contributed by atoms with Crippen molar-refractivity contribution in [2.75, 3.05) is 27.2 Å². The van der Waals surface area contributed by atoms with Crippen LogP contribution in [0.2, 0.25) is 0 Å². The second-order valence-corrected chi connectivity index (χ2v) is 6.89. The van der Waals surface area contributed by atoms with Gasteiger partial charge in [-0.1, -0.05) is 0 Å². The fourth-order valence-corrected chi connectivity index (χ4v) is 3.38. The minimum Gasteiger partial charge on any atom is -0.331 e. The normalized spacial score (nSPS) is 15.6. The zero-order valence-electron chi connectivity index (χ0n) is 15.2. The lowest BCUT2D eigenvalue weighted by Gasteiger charge is -2.32. The molecule has 1 fully saturated rings. The van der Waals surface area contributed by atoms with E-state index < -0.39 is 0 Å². The van der Waals surface area contributed by atoms with E-state index in [1.165, 1.54) is 0 Å². The molecule has 0 aliphatic carbocycles. The van der Waals surface area contributed by atoms with Crippen molar-refractivity contribution < 1.29 is 4.79 Å². The van der Waals surface area contributed by atoms with Gasteiger partial charge in [0.1, 0.15) is 0 Å². The Balaban J connectivity index is 1.58. The van der Waals surface area contributed by atoms with E-state index in [-0.39, 0.29) is 11.9 Å². The van der Waals surface area contributed by atoms with Gasteiger partial charge in [-0.15, -0.1) is 10.2 Å². The third-order valence-electron chi connectivity index (χ3n) is 4.80. The third kappa shape index (κ3) is 2.89. The van der Waals surface area contributed by atoms with Gasteiger partial charge < -0.3 is 9.80 Å². The highest BCUT2D eigenvalue weighted by molar-refractivity contribution is 5.73. The van der Waals surface area contributed by atoms with E-state index in [0.717, 1.165) is 48.7 Å². The van der Waals surface area contributed by atoms with Gasteiger partial charge in [0.05, 0.1) is 11.9 Å². The molecule has 0 aromatic carbocycles. The Morgan fingerprint density at radius 3 is 2.62 bits per heavy atom. The number of rotatable bonds is 2. The Kier molecular flexibility index (Phi) is 4.06. The maximum absolute atomic E-state index is 12.1. The number of hydrogen-bond donors (Lipinski definition) is 0. The summed E-state index contributed by atoms with van der Waals surface area (Å²) in [5.74, 6) is 1.11. The minimum absolute atomic E-state index is 0.0616. The van der Waals surface area contributed by atoms with E-state index in [0.29, 0.717) is 0 Å². The van der Waals surface area contributed by atoms with Crippen LogP contribution in [0.25, 0.3) is 16.9 Å². The molecule has 3 aromatic heterocycles. The Morgan fingerprint density at radius 2 is 1.96 bits per heavy atom. The fraction of sp³-hybridized carbons (Fsp3) is 0.471. The molecule has 1 aliphatic heterocycles. The first-order chi connectivity index (χ1) is 12.5. The van der Waals surface area contributed by atoms with Crippen molar-refractivity contribution in [3.8, 4) is 11.3 Å². The fourth-order valence-electron chi connectivity index (χ4n) is 3.38. The number of nitrogens with zero attached hydrogens (tertiary/aromatic N) is 8. The number of urea groups is 1. The van der Waals surface area contributed by atoms with Crippen molar-refractivity contribution >= 4 is 11.7 Å². The van der Waals surface area contributed by atoms with Crippen molar-refractivity contribution in [2.45, 2.75) is 18.8 Å². The van der Waals surface area contributed by atoms with Crippen LogP contribution in [-0.2, 0) is 7.05 Å². The zero-order chi connectivity index (χ0) is 18.3. The maximum atomic E-state index is 12.1. The summed E-state index contributed by atoms with van der Waals surface area (Å²) in [6.45, 7) is 1.44. The van der Waals surface area contributed by atoms with E-state index in [1.807, 2.05) is 34.8 Å². The monoisotopic (exact) mass is 354 g/mol. The molecule has 0 radical (unpaired) electrons. The molecule has 9 nitrogen and oxygen atoms in total. The molecular formula is C17H22N8O. The van der Waals surface area contributed by atoms with Crippen LogP contribution < -0.4 is 0 Å². The molecule has 2 amide bonds. The summed E-state index contributed by atoms with van der Waals surface area (Å²) in [5, 5.41) is 17.6. The lowest BCUT2D eigenvalue weighted by molar-refractivity contribution is 0.155. The van der Waals surface area contributed by atoms with Gasteiger partial charge in [-0.3, -0.25) is 4.68 Å². The van der Waals surface area contributed by atoms with Gasteiger partial charge in [0.2, 0.25) is 0 Å². The molecule has 1 saturated heterocycles. The highest BCUT2D eigenvalue weighted by atomic mass is 16.2. The lowest BCUT2D eigenvalue weighted by atomic mass is 9.96. The first-order valence-corrected chi connectivity index (χ1v) is 8.70. The first kappa shape index (κ1) is 16.5. The average molecular weight is 354 g/mol. The van der Waals surface area contributed by atoms with Gasteiger partial charge in [-0.05, 0) is 25.0 Å². The number of carbonyl (C=O) groups excluding carboxylic acids is 1. The van der Waals surface area contributed by atoms with Crippen molar-refractivity contribution in [1.82, 2.24) is 39.4 Å². The Hall–Kier alpha value is -2.97. The molecule has 0 unspecified atom stereocenters. The van der Waals surface area contributed by atoms with Crippen LogP contribution in [0.5, 0.6) is 0 Å². The van der Waals surface area contributed by atoms with Crippen molar-refractivity contribution in [2.24, 2.45) is 7.05 Å². The van der Waals surface area contributed by atoms with E-state index in [4.69, 9.17) is 5.10 Å². The molecule has 0 bridgehead atoms. The largest absolute Gasteiger partial charge is 0.331 e. The highest BCUT2D eigenvalue weighted by Crippen LogP contribution is 2.27. The quantitative estimate of drug-likeness (QED) is 0.694. The minimum atomic E-state index is 0.0616. The maximum Gasteiger partial charge on any atom is 0.319 e. The van der Waals surface area contributed by atoms with E-state index in [2.05, 4.69) is 15.3 Å². The van der Waals surface area contributed by atoms with Crippen LogP contribution in [-0.4, -0.2) is 72.6 Å². The van der Waals surface area contributed by atoms with Crippen LogP contribution in [0.15, 0.2) is 24.5 Å². The van der Waals surface area contributed by atoms with Crippen LogP contribution in [0.4, 0.5) is 4.79 Å². The summed E-state index contributed by atoms with van der Waals surface area (Å²) >= 11 is 0. The molecule has 136 valence electrons. The van der Waals surface area contributed by atoms with E-state index >= 15 is 0 Å². The molecule has 0 N–H and O–H groups in total. The SMILES string of the molecule is CN(C)C(=O)N1CCC(c2nnc3ccc(-c4cnn(C)c4)nn23)CC1. The second kappa shape index (κ2) is 6.40. The van der Waals surface area contributed by atoms with Gasteiger partial charge in [-0.25, -0.2) is 4.79 Å². The number of amides is 2.